The lowest BCUT2D eigenvalue weighted by Gasteiger charge is -2.04. The lowest BCUT2D eigenvalue weighted by molar-refractivity contribution is -0.383. The maximum Gasteiger partial charge on any atom is 0.294 e. The van der Waals surface area contributed by atoms with Gasteiger partial charge in [0, 0.05) is 18.3 Å². The summed E-state index contributed by atoms with van der Waals surface area (Å²) in [4.78, 5) is 10.1. The molecule has 0 fully saturated rings. The molecule has 0 aromatic heterocycles. The minimum Gasteiger partial charge on any atom is -0.393 e. The second-order valence-electron chi connectivity index (χ2n) is 2.96. The van der Waals surface area contributed by atoms with E-state index >= 15 is 0 Å². The molecule has 0 aliphatic heterocycles. The lowest BCUT2D eigenvalue weighted by Crippen LogP contribution is -2.01. The van der Waals surface area contributed by atoms with Crippen LogP contribution in [0.1, 0.15) is 13.3 Å². The number of benzene rings is 1. The molecule has 1 rings (SSSR count). The molecule has 0 spiro atoms. The SMILES string of the molecule is CCCNc1ccc(N)c([N+](=O)[O-])c1. The van der Waals surface area contributed by atoms with Crippen molar-refractivity contribution in [2.24, 2.45) is 0 Å². The molecule has 0 radical (unpaired) electrons. The standard InChI is InChI=1S/C9H13N3O2/c1-2-5-11-7-3-4-8(10)9(6-7)12(13)14/h3-4,6,11H,2,5,10H2,1H3. The van der Waals surface area contributed by atoms with Gasteiger partial charge < -0.3 is 11.1 Å². The van der Waals surface area contributed by atoms with Crippen LogP contribution in [-0.4, -0.2) is 11.5 Å². The normalized spacial score (nSPS) is 9.79. The molecular weight excluding hydrogens is 182 g/mol. The third-order valence-corrected chi connectivity index (χ3v) is 1.81. The molecule has 1 aromatic carbocycles. The first-order valence-electron chi connectivity index (χ1n) is 4.43. The largest absolute Gasteiger partial charge is 0.393 e. The van der Waals surface area contributed by atoms with Crippen LogP contribution < -0.4 is 11.1 Å². The number of nitro benzene ring substituents is 1. The lowest BCUT2D eigenvalue weighted by atomic mass is 10.2. The molecule has 0 amide bonds. The number of nitrogens with zero attached hydrogens (tertiary/aromatic N) is 1. The Kier molecular flexibility index (Phi) is 3.28. The second kappa shape index (κ2) is 4.45. The van der Waals surface area contributed by atoms with Crippen LogP contribution in [0.2, 0.25) is 0 Å². The van der Waals surface area contributed by atoms with Crippen molar-refractivity contribution in [3.05, 3.63) is 28.3 Å². The Morgan fingerprint density at radius 1 is 1.57 bits per heavy atom. The maximum absolute atomic E-state index is 10.5. The fourth-order valence-corrected chi connectivity index (χ4v) is 1.08. The van der Waals surface area contributed by atoms with E-state index in [1.165, 1.54) is 12.1 Å². The molecular formula is C9H13N3O2. The molecule has 0 bridgehead atoms. The van der Waals surface area contributed by atoms with Crippen LogP contribution in [0.3, 0.4) is 0 Å². The highest BCUT2D eigenvalue weighted by atomic mass is 16.6. The molecule has 0 heterocycles. The number of hydrogen-bond acceptors (Lipinski definition) is 4. The van der Waals surface area contributed by atoms with E-state index in [0.717, 1.165) is 18.7 Å². The van der Waals surface area contributed by atoms with Crippen LogP contribution in [-0.2, 0) is 0 Å². The average Bonchev–Trinajstić information content (AvgIpc) is 2.16. The summed E-state index contributed by atoms with van der Waals surface area (Å²) in [5, 5.41) is 13.6. The molecule has 76 valence electrons. The fraction of sp³-hybridized carbons (Fsp3) is 0.333. The molecule has 0 saturated carbocycles. The number of anilines is 2. The van der Waals surface area contributed by atoms with E-state index in [-0.39, 0.29) is 11.4 Å². The number of nitro groups is 1. The van der Waals surface area contributed by atoms with E-state index in [4.69, 9.17) is 5.73 Å². The summed E-state index contributed by atoms with van der Waals surface area (Å²) in [7, 11) is 0. The van der Waals surface area contributed by atoms with Gasteiger partial charge in [0.1, 0.15) is 5.69 Å². The molecule has 0 aliphatic rings. The molecule has 0 saturated heterocycles. The number of rotatable bonds is 4. The van der Waals surface area contributed by atoms with Crippen molar-refractivity contribution < 1.29 is 4.92 Å². The van der Waals surface area contributed by atoms with Gasteiger partial charge in [-0.1, -0.05) is 6.92 Å². The third-order valence-electron chi connectivity index (χ3n) is 1.81. The van der Waals surface area contributed by atoms with Crippen LogP contribution in [0.4, 0.5) is 17.1 Å². The number of nitrogens with one attached hydrogen (secondary N) is 1. The van der Waals surface area contributed by atoms with Gasteiger partial charge in [-0.2, -0.15) is 0 Å². The Labute approximate surface area is 82.1 Å². The van der Waals surface area contributed by atoms with Crippen molar-refractivity contribution in [2.75, 3.05) is 17.6 Å². The van der Waals surface area contributed by atoms with Crippen molar-refractivity contribution >= 4 is 17.1 Å². The first-order chi connectivity index (χ1) is 6.65. The zero-order valence-corrected chi connectivity index (χ0v) is 7.99. The van der Waals surface area contributed by atoms with Gasteiger partial charge >= 0.3 is 0 Å². The van der Waals surface area contributed by atoms with E-state index in [1.54, 1.807) is 6.07 Å². The minimum absolute atomic E-state index is 0.0499. The zero-order valence-electron chi connectivity index (χ0n) is 7.99. The van der Waals surface area contributed by atoms with Crippen molar-refractivity contribution in [3.8, 4) is 0 Å². The highest BCUT2D eigenvalue weighted by molar-refractivity contribution is 5.65. The molecule has 1 aromatic rings. The summed E-state index contributed by atoms with van der Waals surface area (Å²) in [6, 6.07) is 4.72. The van der Waals surface area contributed by atoms with Crippen LogP contribution >= 0.6 is 0 Å². The quantitative estimate of drug-likeness (QED) is 0.437. The van der Waals surface area contributed by atoms with E-state index in [2.05, 4.69) is 5.32 Å². The fourth-order valence-electron chi connectivity index (χ4n) is 1.08. The predicted octanol–water partition coefficient (Wildman–Crippen LogP) is 2.00. The second-order valence-corrected chi connectivity index (χ2v) is 2.96. The first-order valence-corrected chi connectivity index (χ1v) is 4.43. The molecule has 5 nitrogen and oxygen atoms in total. The van der Waals surface area contributed by atoms with Crippen LogP contribution in [0.15, 0.2) is 18.2 Å². The Bertz CT molecular complexity index is 339. The number of nitrogen functional groups attached to an aromatic ring is 1. The molecule has 3 N–H and O–H groups in total. The summed E-state index contributed by atoms with van der Waals surface area (Å²) >= 11 is 0. The van der Waals surface area contributed by atoms with Gasteiger partial charge in [0.2, 0.25) is 0 Å². The number of hydrogen-bond donors (Lipinski definition) is 2. The Hall–Kier alpha value is -1.78. The van der Waals surface area contributed by atoms with Gasteiger partial charge in [-0.05, 0) is 18.6 Å². The van der Waals surface area contributed by atoms with Gasteiger partial charge in [-0.15, -0.1) is 0 Å². The van der Waals surface area contributed by atoms with Crippen molar-refractivity contribution in [1.29, 1.82) is 0 Å². The molecule has 0 aliphatic carbocycles. The molecule has 14 heavy (non-hydrogen) atoms. The summed E-state index contributed by atoms with van der Waals surface area (Å²) in [5.41, 5.74) is 6.32. The molecule has 5 heteroatoms. The van der Waals surface area contributed by atoms with Gasteiger partial charge in [0.15, 0.2) is 0 Å². The van der Waals surface area contributed by atoms with Crippen molar-refractivity contribution in [2.45, 2.75) is 13.3 Å². The highest BCUT2D eigenvalue weighted by Gasteiger charge is 2.11. The molecule has 0 atom stereocenters. The van der Waals surface area contributed by atoms with Crippen LogP contribution in [0.5, 0.6) is 0 Å². The van der Waals surface area contributed by atoms with E-state index < -0.39 is 4.92 Å². The van der Waals surface area contributed by atoms with Gasteiger partial charge in [0.25, 0.3) is 5.69 Å². The van der Waals surface area contributed by atoms with Gasteiger partial charge in [-0.25, -0.2) is 0 Å². The Morgan fingerprint density at radius 2 is 2.29 bits per heavy atom. The summed E-state index contributed by atoms with van der Waals surface area (Å²) in [6.45, 7) is 2.82. The topological polar surface area (TPSA) is 81.2 Å². The summed E-state index contributed by atoms with van der Waals surface area (Å²) < 4.78 is 0. The van der Waals surface area contributed by atoms with Crippen LogP contribution in [0, 0.1) is 10.1 Å². The molecule has 0 unspecified atom stereocenters. The smallest absolute Gasteiger partial charge is 0.294 e. The summed E-state index contributed by atoms with van der Waals surface area (Å²) in [6.07, 6.45) is 0.970. The monoisotopic (exact) mass is 195 g/mol. The van der Waals surface area contributed by atoms with Crippen molar-refractivity contribution in [3.63, 3.8) is 0 Å². The van der Waals surface area contributed by atoms with Gasteiger partial charge in [0.05, 0.1) is 4.92 Å². The Morgan fingerprint density at radius 3 is 2.86 bits per heavy atom. The van der Waals surface area contributed by atoms with E-state index in [0.29, 0.717) is 0 Å². The van der Waals surface area contributed by atoms with Crippen LogP contribution in [0.25, 0.3) is 0 Å². The zero-order chi connectivity index (χ0) is 10.6. The number of nitrogens with two attached hydrogens (primary N) is 1. The van der Waals surface area contributed by atoms with Crippen molar-refractivity contribution in [1.82, 2.24) is 0 Å². The Balaban J connectivity index is 2.89. The van der Waals surface area contributed by atoms with E-state index in [1.807, 2.05) is 6.92 Å². The average molecular weight is 195 g/mol. The van der Waals surface area contributed by atoms with E-state index in [9.17, 15) is 10.1 Å². The highest BCUT2D eigenvalue weighted by Crippen LogP contribution is 2.24. The maximum atomic E-state index is 10.5. The first kappa shape index (κ1) is 10.3. The predicted molar refractivity (Wildman–Crippen MR) is 56.3 cm³/mol. The van der Waals surface area contributed by atoms with Gasteiger partial charge in [-0.3, -0.25) is 10.1 Å². The summed E-state index contributed by atoms with van der Waals surface area (Å²) in [5.74, 6) is 0. The minimum atomic E-state index is -0.480. The third kappa shape index (κ3) is 2.35.